The molecule has 108 valence electrons. The van der Waals surface area contributed by atoms with Crippen LogP contribution in [0.1, 0.15) is 24.5 Å². The Bertz CT molecular complexity index is 572. The number of amides is 1. The summed E-state index contributed by atoms with van der Waals surface area (Å²) in [6, 6.07) is 5.59. The lowest BCUT2D eigenvalue weighted by Crippen LogP contribution is -2.41. The van der Waals surface area contributed by atoms with Gasteiger partial charge in [0.2, 0.25) is 5.91 Å². The number of nitrogens with zero attached hydrogens (tertiary/aromatic N) is 1. The van der Waals surface area contributed by atoms with E-state index in [1.54, 1.807) is 17.9 Å². The number of rotatable bonds is 2. The minimum atomic E-state index is -4.31. The molecule has 2 nitrogen and oxygen atoms in total. The Balaban J connectivity index is 2.02. The summed E-state index contributed by atoms with van der Waals surface area (Å²) in [5.41, 5.74) is -2.71. The Morgan fingerprint density at radius 1 is 1.40 bits per heavy atom. The normalized spacial score (nSPS) is 25.0. The highest BCUT2D eigenvalue weighted by Gasteiger charge is 2.50. The molecule has 2 heterocycles. The Morgan fingerprint density at radius 3 is 2.85 bits per heavy atom. The molecule has 0 spiro atoms. The van der Waals surface area contributed by atoms with Gasteiger partial charge in [0.15, 0.2) is 0 Å². The SMILES string of the molecule is CC1(CSC(F)(F)F)C(=O)N2CCCc3cccc1c32. The van der Waals surface area contributed by atoms with Gasteiger partial charge in [-0.3, -0.25) is 4.79 Å². The highest BCUT2D eigenvalue weighted by molar-refractivity contribution is 8.00. The van der Waals surface area contributed by atoms with E-state index in [9.17, 15) is 18.0 Å². The fraction of sp³-hybridized carbons (Fsp3) is 0.500. The maximum atomic E-state index is 12.6. The largest absolute Gasteiger partial charge is 0.441 e. The number of aryl methyl sites for hydroxylation is 1. The predicted molar refractivity (Wildman–Crippen MR) is 73.0 cm³/mol. The van der Waals surface area contributed by atoms with Crippen LogP contribution >= 0.6 is 11.8 Å². The van der Waals surface area contributed by atoms with Crippen molar-refractivity contribution < 1.29 is 18.0 Å². The van der Waals surface area contributed by atoms with Crippen molar-refractivity contribution in [1.82, 2.24) is 0 Å². The Hall–Kier alpha value is -1.17. The lowest BCUT2D eigenvalue weighted by molar-refractivity contribution is -0.122. The van der Waals surface area contributed by atoms with Gasteiger partial charge in [-0.2, -0.15) is 13.2 Å². The number of halogens is 3. The van der Waals surface area contributed by atoms with Crippen LogP contribution in [0.15, 0.2) is 18.2 Å². The molecule has 1 aromatic carbocycles. The number of hydrogen-bond acceptors (Lipinski definition) is 2. The lowest BCUT2D eigenvalue weighted by atomic mass is 9.85. The average molecular weight is 301 g/mol. The van der Waals surface area contributed by atoms with Crippen LogP contribution in [0.3, 0.4) is 0 Å². The predicted octanol–water partition coefficient (Wildman–Crippen LogP) is 3.49. The first-order chi connectivity index (χ1) is 9.33. The summed E-state index contributed by atoms with van der Waals surface area (Å²) in [4.78, 5) is 14.2. The minimum Gasteiger partial charge on any atom is -0.311 e. The van der Waals surface area contributed by atoms with E-state index in [4.69, 9.17) is 0 Å². The van der Waals surface area contributed by atoms with Gasteiger partial charge < -0.3 is 4.90 Å². The fourth-order valence-electron chi connectivity index (χ4n) is 3.08. The molecule has 3 rings (SSSR count). The van der Waals surface area contributed by atoms with Crippen LogP contribution in [-0.2, 0) is 16.6 Å². The molecule has 1 aromatic rings. The number of alkyl halides is 3. The van der Waals surface area contributed by atoms with Gasteiger partial charge in [0.25, 0.3) is 0 Å². The first-order valence-corrected chi connectivity index (χ1v) is 7.46. The van der Waals surface area contributed by atoms with Crippen molar-refractivity contribution in [1.29, 1.82) is 0 Å². The van der Waals surface area contributed by atoms with Gasteiger partial charge in [0.05, 0.1) is 11.1 Å². The van der Waals surface area contributed by atoms with Crippen LogP contribution in [-0.4, -0.2) is 23.7 Å². The van der Waals surface area contributed by atoms with Crippen LogP contribution < -0.4 is 4.90 Å². The van der Waals surface area contributed by atoms with Gasteiger partial charge in [-0.25, -0.2) is 0 Å². The summed E-state index contributed by atoms with van der Waals surface area (Å²) in [6.07, 6.45) is 1.75. The lowest BCUT2D eigenvalue weighted by Gasteiger charge is -2.26. The summed E-state index contributed by atoms with van der Waals surface area (Å²) in [6.45, 7) is 2.23. The summed E-state index contributed by atoms with van der Waals surface area (Å²) < 4.78 is 37.5. The fourth-order valence-corrected chi connectivity index (χ4v) is 3.81. The molecule has 0 saturated carbocycles. The van der Waals surface area contributed by atoms with Crippen molar-refractivity contribution >= 4 is 23.4 Å². The first-order valence-electron chi connectivity index (χ1n) is 6.48. The number of thioether (sulfide) groups is 1. The molecule has 0 saturated heterocycles. The number of benzene rings is 1. The van der Waals surface area contributed by atoms with Crippen LogP contribution in [0.4, 0.5) is 18.9 Å². The van der Waals surface area contributed by atoms with E-state index in [0.717, 1.165) is 29.7 Å². The first kappa shape index (κ1) is 13.8. The number of anilines is 1. The molecule has 6 heteroatoms. The molecule has 1 atom stereocenters. The zero-order chi connectivity index (χ0) is 14.5. The monoisotopic (exact) mass is 301 g/mol. The van der Waals surface area contributed by atoms with Crippen LogP contribution in [0.2, 0.25) is 0 Å². The molecule has 0 fully saturated rings. The number of carbonyl (C=O) groups excluding carboxylic acids is 1. The molecule has 0 aliphatic carbocycles. The molecular formula is C14H14F3NOS. The van der Waals surface area contributed by atoms with Crippen LogP contribution in [0.25, 0.3) is 0 Å². The van der Waals surface area contributed by atoms with Crippen molar-refractivity contribution in [3.63, 3.8) is 0 Å². The maximum absolute atomic E-state index is 12.6. The Morgan fingerprint density at radius 2 is 2.15 bits per heavy atom. The highest BCUT2D eigenvalue weighted by Crippen LogP contribution is 2.48. The van der Waals surface area contributed by atoms with Crippen molar-refractivity contribution in [2.45, 2.75) is 30.7 Å². The number of para-hydroxylation sites is 1. The molecule has 0 radical (unpaired) electrons. The molecule has 1 unspecified atom stereocenters. The zero-order valence-electron chi connectivity index (χ0n) is 11.0. The van der Waals surface area contributed by atoms with E-state index in [1.165, 1.54) is 0 Å². The third-order valence-corrected chi connectivity index (χ3v) is 5.10. The maximum Gasteiger partial charge on any atom is 0.441 e. The van der Waals surface area contributed by atoms with Gasteiger partial charge in [-0.15, -0.1) is 0 Å². The zero-order valence-corrected chi connectivity index (χ0v) is 11.8. The van der Waals surface area contributed by atoms with Gasteiger partial charge in [-0.1, -0.05) is 18.2 Å². The molecule has 2 aliphatic heterocycles. The quantitative estimate of drug-likeness (QED) is 0.833. The van der Waals surface area contributed by atoms with E-state index < -0.39 is 10.9 Å². The van der Waals surface area contributed by atoms with Gasteiger partial charge in [-0.05, 0) is 42.7 Å². The van der Waals surface area contributed by atoms with Crippen molar-refractivity contribution in [3.05, 3.63) is 29.3 Å². The molecule has 0 aromatic heterocycles. The topological polar surface area (TPSA) is 20.3 Å². The summed E-state index contributed by atoms with van der Waals surface area (Å²) in [7, 11) is 0. The van der Waals surface area contributed by atoms with Crippen LogP contribution in [0.5, 0.6) is 0 Å². The standard InChI is InChI=1S/C14H14F3NOS/c1-13(8-20-14(15,16)17)10-6-2-4-9-5-3-7-18(11(9)10)12(13)19/h2,4,6H,3,5,7-8H2,1H3. The number of carbonyl (C=O) groups is 1. The van der Waals surface area contributed by atoms with E-state index >= 15 is 0 Å². The van der Waals surface area contributed by atoms with Crippen molar-refractivity contribution in [3.8, 4) is 0 Å². The molecule has 0 N–H and O–H groups in total. The van der Waals surface area contributed by atoms with Gasteiger partial charge in [0, 0.05) is 12.3 Å². The van der Waals surface area contributed by atoms with E-state index in [0.29, 0.717) is 6.54 Å². The third-order valence-electron chi connectivity index (χ3n) is 4.05. The second-order valence-electron chi connectivity index (χ2n) is 5.44. The molecule has 1 amide bonds. The van der Waals surface area contributed by atoms with E-state index in [-0.39, 0.29) is 23.4 Å². The van der Waals surface area contributed by atoms with Gasteiger partial charge >= 0.3 is 5.51 Å². The summed E-state index contributed by atoms with van der Waals surface area (Å²) in [5, 5.41) is 0. The summed E-state index contributed by atoms with van der Waals surface area (Å²) >= 11 is -0.112. The van der Waals surface area contributed by atoms with Crippen LogP contribution in [0, 0.1) is 0 Å². The molecule has 0 bridgehead atoms. The Labute approximate surface area is 119 Å². The summed E-state index contributed by atoms with van der Waals surface area (Å²) in [5.74, 6) is -0.459. The Kier molecular flexibility index (Phi) is 3.04. The second-order valence-corrected chi connectivity index (χ2v) is 6.48. The highest BCUT2D eigenvalue weighted by atomic mass is 32.2. The number of hydrogen-bond donors (Lipinski definition) is 0. The van der Waals surface area contributed by atoms with Gasteiger partial charge in [0.1, 0.15) is 0 Å². The second kappa shape index (κ2) is 4.41. The van der Waals surface area contributed by atoms with E-state index in [1.807, 2.05) is 12.1 Å². The average Bonchev–Trinajstić information content (AvgIpc) is 2.62. The molecule has 2 aliphatic rings. The molecule has 20 heavy (non-hydrogen) atoms. The minimum absolute atomic E-state index is 0.112. The molecular weight excluding hydrogens is 287 g/mol. The smallest absolute Gasteiger partial charge is 0.311 e. The third kappa shape index (κ3) is 2.01. The van der Waals surface area contributed by atoms with Crippen molar-refractivity contribution in [2.75, 3.05) is 17.2 Å². The van der Waals surface area contributed by atoms with E-state index in [2.05, 4.69) is 0 Å². The van der Waals surface area contributed by atoms with Crippen molar-refractivity contribution in [2.24, 2.45) is 0 Å².